The van der Waals surface area contributed by atoms with Crippen molar-refractivity contribution in [1.82, 2.24) is 9.97 Å². The highest BCUT2D eigenvalue weighted by Crippen LogP contribution is 2.28. The number of fused-ring (bicyclic) bond motifs is 1. The van der Waals surface area contributed by atoms with Crippen LogP contribution in [0.2, 0.25) is 5.15 Å². The molecular weight excluding hydrogens is 192 g/mol. The Kier molecular flexibility index (Phi) is 1.98. The van der Waals surface area contributed by atoms with Crippen LogP contribution in [0, 0.1) is 0 Å². The Morgan fingerprint density at radius 2 is 2.33 bits per heavy atom. The van der Waals surface area contributed by atoms with Crippen molar-refractivity contribution in [3.63, 3.8) is 0 Å². The van der Waals surface area contributed by atoms with Crippen LogP contribution in [0.25, 0.3) is 10.2 Å². The first-order valence-electron chi connectivity index (χ1n) is 3.70. The summed E-state index contributed by atoms with van der Waals surface area (Å²) in [6.45, 7) is 2.12. The lowest BCUT2D eigenvalue weighted by Gasteiger charge is -1.87. The first-order valence-corrected chi connectivity index (χ1v) is 4.89. The van der Waals surface area contributed by atoms with E-state index in [2.05, 4.69) is 23.0 Å². The second-order valence-electron chi connectivity index (χ2n) is 2.45. The van der Waals surface area contributed by atoms with Crippen LogP contribution in [0.5, 0.6) is 0 Å². The average Bonchev–Trinajstić information content (AvgIpc) is 2.49. The van der Waals surface area contributed by atoms with Crippen LogP contribution in [0.15, 0.2) is 12.4 Å². The van der Waals surface area contributed by atoms with Crippen LogP contribution >= 0.6 is 22.9 Å². The third-order valence-corrected chi connectivity index (χ3v) is 3.34. The molecule has 0 spiro atoms. The molecule has 0 N–H and O–H groups in total. The second kappa shape index (κ2) is 2.99. The molecule has 0 amide bonds. The van der Waals surface area contributed by atoms with E-state index < -0.39 is 0 Å². The maximum Gasteiger partial charge on any atom is 0.150 e. The molecule has 0 bridgehead atoms. The third-order valence-electron chi connectivity index (χ3n) is 1.67. The van der Waals surface area contributed by atoms with Gasteiger partial charge in [-0.3, -0.25) is 0 Å². The minimum Gasteiger partial charge on any atom is -0.235 e. The number of thiophene rings is 1. The molecule has 2 rings (SSSR count). The van der Waals surface area contributed by atoms with Crippen LogP contribution in [0.3, 0.4) is 0 Å². The zero-order chi connectivity index (χ0) is 8.55. The largest absolute Gasteiger partial charge is 0.235 e. The molecular formula is C8H7ClN2S. The number of aromatic nitrogens is 2. The van der Waals surface area contributed by atoms with Crippen molar-refractivity contribution in [3.05, 3.63) is 22.4 Å². The Morgan fingerprint density at radius 1 is 1.50 bits per heavy atom. The highest BCUT2D eigenvalue weighted by Gasteiger charge is 2.04. The molecule has 2 aromatic rings. The van der Waals surface area contributed by atoms with E-state index in [1.54, 1.807) is 11.3 Å². The molecule has 0 aliphatic carbocycles. The lowest BCUT2D eigenvalue weighted by atomic mass is 10.3. The highest BCUT2D eigenvalue weighted by molar-refractivity contribution is 7.19. The average molecular weight is 199 g/mol. The van der Waals surface area contributed by atoms with Crippen molar-refractivity contribution >= 4 is 33.2 Å². The summed E-state index contributed by atoms with van der Waals surface area (Å²) in [6, 6.07) is 2.06. The van der Waals surface area contributed by atoms with Gasteiger partial charge in [0.2, 0.25) is 0 Å². The van der Waals surface area contributed by atoms with Crippen molar-refractivity contribution in [1.29, 1.82) is 0 Å². The molecule has 2 heterocycles. The Morgan fingerprint density at radius 3 is 3.00 bits per heavy atom. The summed E-state index contributed by atoms with van der Waals surface area (Å²) in [7, 11) is 0. The molecule has 4 heteroatoms. The molecule has 0 aliphatic rings. The quantitative estimate of drug-likeness (QED) is 0.659. The Balaban J connectivity index is 2.74. The van der Waals surface area contributed by atoms with E-state index in [1.165, 1.54) is 11.2 Å². The predicted octanol–water partition coefficient (Wildman–Crippen LogP) is 2.91. The Hall–Kier alpha value is -0.670. The number of hydrogen-bond donors (Lipinski definition) is 0. The minimum atomic E-state index is 0.560. The lowest BCUT2D eigenvalue weighted by Crippen LogP contribution is -1.76. The van der Waals surface area contributed by atoms with Gasteiger partial charge in [0.05, 0.1) is 10.2 Å². The fraction of sp³-hybridized carbons (Fsp3) is 0.250. The number of halogens is 1. The fourth-order valence-electron chi connectivity index (χ4n) is 1.05. The van der Waals surface area contributed by atoms with Crippen molar-refractivity contribution < 1.29 is 0 Å². The van der Waals surface area contributed by atoms with Gasteiger partial charge in [-0.05, 0) is 12.5 Å². The highest BCUT2D eigenvalue weighted by atomic mass is 35.5. The fourth-order valence-corrected chi connectivity index (χ4v) is 2.24. The maximum atomic E-state index is 5.89. The van der Waals surface area contributed by atoms with Gasteiger partial charge in [0.25, 0.3) is 0 Å². The third kappa shape index (κ3) is 1.19. The lowest BCUT2D eigenvalue weighted by molar-refractivity contribution is 1.18. The van der Waals surface area contributed by atoms with E-state index >= 15 is 0 Å². The summed E-state index contributed by atoms with van der Waals surface area (Å²) in [5, 5.41) is 0.560. The van der Waals surface area contributed by atoms with Gasteiger partial charge in [-0.25, -0.2) is 9.97 Å². The van der Waals surface area contributed by atoms with Gasteiger partial charge in [0, 0.05) is 4.88 Å². The zero-order valence-electron chi connectivity index (χ0n) is 6.54. The number of aryl methyl sites for hydroxylation is 1. The maximum absolute atomic E-state index is 5.89. The molecule has 0 unspecified atom stereocenters. The van der Waals surface area contributed by atoms with Gasteiger partial charge < -0.3 is 0 Å². The summed E-state index contributed by atoms with van der Waals surface area (Å²) < 4.78 is 0.996. The van der Waals surface area contributed by atoms with Gasteiger partial charge in [0.1, 0.15) is 11.5 Å². The first-order chi connectivity index (χ1) is 5.81. The summed E-state index contributed by atoms with van der Waals surface area (Å²) in [6.07, 6.45) is 2.52. The molecule has 0 saturated heterocycles. The van der Waals surface area contributed by atoms with Crippen molar-refractivity contribution in [2.24, 2.45) is 0 Å². The van der Waals surface area contributed by atoms with Gasteiger partial charge in [-0.2, -0.15) is 0 Å². The summed E-state index contributed by atoms with van der Waals surface area (Å²) in [4.78, 5) is 9.34. The van der Waals surface area contributed by atoms with Crippen LogP contribution in [0.4, 0.5) is 0 Å². The van der Waals surface area contributed by atoms with Crippen molar-refractivity contribution in [2.45, 2.75) is 13.3 Å². The smallest absolute Gasteiger partial charge is 0.150 e. The van der Waals surface area contributed by atoms with Crippen molar-refractivity contribution in [2.75, 3.05) is 0 Å². The molecule has 2 aromatic heterocycles. The molecule has 0 atom stereocenters. The SMILES string of the molecule is CCc1cc2ncnc(Cl)c2s1. The molecule has 12 heavy (non-hydrogen) atoms. The number of nitrogens with zero attached hydrogens (tertiary/aromatic N) is 2. The first kappa shape index (κ1) is 7.95. The van der Waals surface area contributed by atoms with Crippen molar-refractivity contribution in [3.8, 4) is 0 Å². The zero-order valence-corrected chi connectivity index (χ0v) is 8.11. The molecule has 0 saturated carbocycles. The van der Waals surface area contributed by atoms with Crippen LogP contribution < -0.4 is 0 Å². The van der Waals surface area contributed by atoms with Gasteiger partial charge in [0.15, 0.2) is 0 Å². The summed E-state index contributed by atoms with van der Waals surface area (Å²) in [5.74, 6) is 0. The van der Waals surface area contributed by atoms with Crippen LogP contribution in [-0.4, -0.2) is 9.97 Å². The summed E-state index contributed by atoms with van der Waals surface area (Å²) in [5.41, 5.74) is 0.955. The predicted molar refractivity (Wildman–Crippen MR) is 51.8 cm³/mol. The van der Waals surface area contributed by atoms with E-state index in [1.807, 2.05) is 0 Å². The normalized spacial score (nSPS) is 10.8. The second-order valence-corrected chi connectivity index (χ2v) is 3.94. The molecule has 0 radical (unpaired) electrons. The Labute approximate surface area is 79.2 Å². The van der Waals surface area contributed by atoms with Gasteiger partial charge in [-0.1, -0.05) is 18.5 Å². The van der Waals surface area contributed by atoms with Gasteiger partial charge >= 0.3 is 0 Å². The monoisotopic (exact) mass is 198 g/mol. The van der Waals surface area contributed by atoms with E-state index in [0.29, 0.717) is 5.15 Å². The minimum absolute atomic E-state index is 0.560. The van der Waals surface area contributed by atoms with Crippen LogP contribution in [0.1, 0.15) is 11.8 Å². The number of hydrogen-bond acceptors (Lipinski definition) is 3. The summed E-state index contributed by atoms with van der Waals surface area (Å²) >= 11 is 7.55. The molecule has 0 aromatic carbocycles. The molecule has 0 fully saturated rings. The molecule has 0 aliphatic heterocycles. The van der Waals surface area contributed by atoms with E-state index in [0.717, 1.165) is 16.6 Å². The molecule has 2 nitrogen and oxygen atoms in total. The van der Waals surface area contributed by atoms with E-state index in [9.17, 15) is 0 Å². The molecule has 62 valence electrons. The van der Waals surface area contributed by atoms with E-state index in [4.69, 9.17) is 11.6 Å². The van der Waals surface area contributed by atoms with Gasteiger partial charge in [-0.15, -0.1) is 11.3 Å². The van der Waals surface area contributed by atoms with Crippen LogP contribution in [-0.2, 0) is 6.42 Å². The topological polar surface area (TPSA) is 25.8 Å². The number of rotatable bonds is 1. The standard InChI is InChI=1S/C8H7ClN2S/c1-2-5-3-6-7(12-5)8(9)11-4-10-6/h3-4H,2H2,1H3. The Bertz CT molecular complexity index is 410. The van der Waals surface area contributed by atoms with E-state index in [-0.39, 0.29) is 0 Å².